The van der Waals surface area contributed by atoms with E-state index in [1.165, 1.54) is 0 Å². The lowest BCUT2D eigenvalue weighted by Crippen LogP contribution is -2.02. The Balaban J connectivity index is 2.63. The van der Waals surface area contributed by atoms with Crippen molar-refractivity contribution in [2.45, 2.75) is 19.4 Å². The van der Waals surface area contributed by atoms with E-state index < -0.39 is 6.10 Å². The predicted octanol–water partition coefficient (Wildman–Crippen LogP) is 2.68. The maximum absolute atomic E-state index is 8.83. The smallest absolute Gasteiger partial charge is 0.169 e. The lowest BCUT2D eigenvalue weighted by molar-refractivity contribution is 0.0908. The van der Waals surface area contributed by atoms with Crippen LogP contribution >= 0.6 is 0 Å². The van der Waals surface area contributed by atoms with Crippen molar-refractivity contribution in [3.8, 4) is 6.07 Å². The molecule has 0 aliphatic heterocycles. The average Bonchev–Trinajstić information content (AvgIpc) is 2.21. The summed E-state index contributed by atoms with van der Waals surface area (Å²) in [7, 11) is 0. The Bertz CT molecular complexity index is 276. The van der Waals surface area contributed by atoms with Gasteiger partial charge in [-0.15, -0.1) is 0 Å². The monoisotopic (exact) mass is 175 g/mol. The minimum absolute atomic E-state index is 0.416. The van der Waals surface area contributed by atoms with Crippen LogP contribution in [0.2, 0.25) is 0 Å². The first kappa shape index (κ1) is 9.76. The lowest BCUT2D eigenvalue weighted by Gasteiger charge is -2.09. The van der Waals surface area contributed by atoms with Gasteiger partial charge in [0.2, 0.25) is 0 Å². The molecule has 0 aromatic heterocycles. The molecular formula is C11H13NO. The molecule has 2 nitrogen and oxygen atoms in total. The van der Waals surface area contributed by atoms with Gasteiger partial charge in [-0.2, -0.15) is 5.26 Å². The third kappa shape index (κ3) is 2.89. The first-order valence-electron chi connectivity index (χ1n) is 4.44. The highest BCUT2D eigenvalue weighted by atomic mass is 16.5. The molecule has 0 saturated carbocycles. The molecule has 2 heteroatoms. The van der Waals surface area contributed by atoms with Gasteiger partial charge in [-0.25, -0.2) is 0 Å². The minimum atomic E-state index is -0.416. The van der Waals surface area contributed by atoms with E-state index in [4.69, 9.17) is 10.00 Å². The fraction of sp³-hybridized carbons (Fsp3) is 0.364. The van der Waals surface area contributed by atoms with Gasteiger partial charge in [0.25, 0.3) is 0 Å². The van der Waals surface area contributed by atoms with Crippen LogP contribution in [0, 0.1) is 11.3 Å². The quantitative estimate of drug-likeness (QED) is 0.704. The molecule has 0 radical (unpaired) electrons. The van der Waals surface area contributed by atoms with Gasteiger partial charge in [0.15, 0.2) is 6.10 Å². The summed E-state index contributed by atoms with van der Waals surface area (Å²) >= 11 is 0. The number of benzene rings is 1. The molecule has 0 bridgehead atoms. The Kier molecular flexibility index (Phi) is 4.01. The van der Waals surface area contributed by atoms with E-state index in [9.17, 15) is 0 Å². The van der Waals surface area contributed by atoms with E-state index >= 15 is 0 Å². The zero-order valence-corrected chi connectivity index (χ0v) is 7.73. The molecule has 1 aromatic carbocycles. The second-order valence-electron chi connectivity index (χ2n) is 2.79. The van der Waals surface area contributed by atoms with Crippen LogP contribution in [0.5, 0.6) is 0 Å². The van der Waals surface area contributed by atoms with Crippen LogP contribution in [0.3, 0.4) is 0 Å². The number of nitrogens with zero attached hydrogens (tertiary/aromatic N) is 1. The van der Waals surface area contributed by atoms with Crippen LogP contribution < -0.4 is 0 Å². The summed E-state index contributed by atoms with van der Waals surface area (Å²) in [5, 5.41) is 8.83. The Morgan fingerprint density at radius 2 is 2.08 bits per heavy atom. The van der Waals surface area contributed by atoms with Crippen molar-refractivity contribution in [1.82, 2.24) is 0 Å². The summed E-state index contributed by atoms with van der Waals surface area (Å²) in [4.78, 5) is 0. The molecule has 0 heterocycles. The third-order valence-electron chi connectivity index (χ3n) is 1.71. The summed E-state index contributed by atoms with van der Waals surface area (Å²) in [5.41, 5.74) is 0.929. The molecule has 1 aromatic rings. The summed E-state index contributed by atoms with van der Waals surface area (Å²) in [6, 6.07) is 11.7. The second kappa shape index (κ2) is 5.34. The van der Waals surface area contributed by atoms with Crippen LogP contribution in [-0.2, 0) is 4.74 Å². The molecule has 13 heavy (non-hydrogen) atoms. The molecule has 0 spiro atoms. The number of hydrogen-bond donors (Lipinski definition) is 0. The van der Waals surface area contributed by atoms with Crippen molar-refractivity contribution in [3.05, 3.63) is 35.9 Å². The van der Waals surface area contributed by atoms with Crippen LogP contribution in [0.1, 0.15) is 25.0 Å². The Hall–Kier alpha value is -1.33. The maximum Gasteiger partial charge on any atom is 0.169 e. The largest absolute Gasteiger partial charge is 0.359 e. The van der Waals surface area contributed by atoms with Crippen LogP contribution in [0.15, 0.2) is 30.3 Å². The predicted molar refractivity (Wildman–Crippen MR) is 51.0 cm³/mol. The molecule has 0 aliphatic rings. The SMILES string of the molecule is CCCOC(C#N)c1ccccc1. The van der Waals surface area contributed by atoms with E-state index in [-0.39, 0.29) is 0 Å². The van der Waals surface area contributed by atoms with Gasteiger partial charge in [0.05, 0.1) is 6.07 Å². The summed E-state index contributed by atoms with van der Waals surface area (Å²) < 4.78 is 5.37. The number of hydrogen-bond acceptors (Lipinski definition) is 2. The van der Waals surface area contributed by atoms with Crippen molar-refractivity contribution in [3.63, 3.8) is 0 Å². The lowest BCUT2D eigenvalue weighted by atomic mass is 10.1. The van der Waals surface area contributed by atoms with E-state index in [2.05, 4.69) is 6.07 Å². The molecule has 1 rings (SSSR count). The fourth-order valence-electron chi connectivity index (χ4n) is 1.07. The van der Waals surface area contributed by atoms with Crippen molar-refractivity contribution >= 4 is 0 Å². The highest BCUT2D eigenvalue weighted by molar-refractivity contribution is 5.21. The van der Waals surface area contributed by atoms with Gasteiger partial charge in [-0.3, -0.25) is 0 Å². The van der Waals surface area contributed by atoms with E-state index in [1.54, 1.807) is 0 Å². The molecular weight excluding hydrogens is 162 g/mol. The van der Waals surface area contributed by atoms with Gasteiger partial charge in [-0.05, 0) is 12.0 Å². The number of rotatable bonds is 4. The van der Waals surface area contributed by atoms with Gasteiger partial charge < -0.3 is 4.74 Å². The Labute approximate surface area is 78.8 Å². The topological polar surface area (TPSA) is 33.0 Å². The molecule has 68 valence electrons. The average molecular weight is 175 g/mol. The third-order valence-corrected chi connectivity index (χ3v) is 1.71. The fourth-order valence-corrected chi connectivity index (χ4v) is 1.07. The van der Waals surface area contributed by atoms with Crippen LogP contribution in [0.4, 0.5) is 0 Å². The minimum Gasteiger partial charge on any atom is -0.359 e. The summed E-state index contributed by atoms with van der Waals surface area (Å²) in [5.74, 6) is 0. The van der Waals surface area contributed by atoms with Crippen molar-refractivity contribution in [2.75, 3.05) is 6.61 Å². The van der Waals surface area contributed by atoms with Gasteiger partial charge in [0.1, 0.15) is 0 Å². The van der Waals surface area contributed by atoms with E-state index in [0.717, 1.165) is 12.0 Å². The van der Waals surface area contributed by atoms with E-state index in [0.29, 0.717) is 6.61 Å². The normalized spacial score (nSPS) is 12.0. The molecule has 0 aliphatic carbocycles. The first-order chi connectivity index (χ1) is 6.38. The van der Waals surface area contributed by atoms with Gasteiger partial charge >= 0.3 is 0 Å². The standard InChI is InChI=1S/C11H13NO/c1-2-8-13-11(9-12)10-6-4-3-5-7-10/h3-7,11H,2,8H2,1H3. The molecule has 1 atom stereocenters. The maximum atomic E-state index is 8.83. The van der Waals surface area contributed by atoms with Gasteiger partial charge in [-0.1, -0.05) is 37.3 Å². The molecule has 0 saturated heterocycles. The van der Waals surface area contributed by atoms with Crippen LogP contribution in [0.25, 0.3) is 0 Å². The zero-order chi connectivity index (χ0) is 9.52. The highest BCUT2D eigenvalue weighted by Gasteiger charge is 2.08. The molecule has 0 amide bonds. The molecule has 0 N–H and O–H groups in total. The number of ether oxygens (including phenoxy) is 1. The Morgan fingerprint density at radius 1 is 1.38 bits per heavy atom. The number of nitriles is 1. The first-order valence-corrected chi connectivity index (χ1v) is 4.44. The highest BCUT2D eigenvalue weighted by Crippen LogP contribution is 2.15. The second-order valence-corrected chi connectivity index (χ2v) is 2.79. The van der Waals surface area contributed by atoms with E-state index in [1.807, 2.05) is 37.3 Å². The molecule has 0 fully saturated rings. The van der Waals surface area contributed by atoms with Gasteiger partial charge in [0, 0.05) is 6.61 Å². The van der Waals surface area contributed by atoms with Crippen molar-refractivity contribution < 1.29 is 4.74 Å². The molecule has 1 unspecified atom stereocenters. The van der Waals surface area contributed by atoms with Crippen molar-refractivity contribution in [2.24, 2.45) is 0 Å². The summed E-state index contributed by atoms with van der Waals surface area (Å²) in [6.45, 7) is 2.66. The van der Waals surface area contributed by atoms with Crippen LogP contribution in [-0.4, -0.2) is 6.61 Å². The Morgan fingerprint density at radius 3 is 2.62 bits per heavy atom. The van der Waals surface area contributed by atoms with Crippen molar-refractivity contribution in [1.29, 1.82) is 5.26 Å². The zero-order valence-electron chi connectivity index (χ0n) is 7.73. The summed E-state index contributed by atoms with van der Waals surface area (Å²) in [6.07, 6.45) is 0.520.